The molecule has 0 bridgehead atoms. The van der Waals surface area contributed by atoms with Gasteiger partial charge >= 0.3 is 5.97 Å². The van der Waals surface area contributed by atoms with Gasteiger partial charge in [-0.2, -0.15) is 0 Å². The highest BCUT2D eigenvalue weighted by molar-refractivity contribution is 8.04. The van der Waals surface area contributed by atoms with Crippen LogP contribution in [0.1, 0.15) is 69.7 Å². The summed E-state index contributed by atoms with van der Waals surface area (Å²) in [7, 11) is 0. The van der Waals surface area contributed by atoms with E-state index >= 15 is 0 Å². The molecule has 1 aromatic heterocycles. The molecule has 1 aromatic carbocycles. The number of ether oxygens (including phenoxy) is 1. The van der Waals surface area contributed by atoms with Gasteiger partial charge in [0.1, 0.15) is 16.3 Å². The molecular weight excluding hydrogens is 442 g/mol. The molecule has 2 heterocycles. The Balaban J connectivity index is 1.93. The van der Waals surface area contributed by atoms with Gasteiger partial charge in [0.25, 0.3) is 0 Å². The zero-order valence-corrected chi connectivity index (χ0v) is 21.3. The van der Waals surface area contributed by atoms with Crippen molar-refractivity contribution < 1.29 is 19.7 Å². The third-order valence-corrected chi connectivity index (χ3v) is 8.01. The Kier molecular flexibility index (Phi) is 7.42. The van der Waals surface area contributed by atoms with Crippen molar-refractivity contribution in [2.75, 3.05) is 0 Å². The highest BCUT2D eigenvalue weighted by Crippen LogP contribution is 2.45. The van der Waals surface area contributed by atoms with E-state index in [1.807, 2.05) is 44.5 Å². The molecule has 0 aliphatic carbocycles. The van der Waals surface area contributed by atoms with Crippen molar-refractivity contribution in [3.63, 3.8) is 0 Å². The maximum atomic E-state index is 13.1. The molecular formula is C25H33NO4S2. The smallest absolute Gasteiger partial charge is 0.349 e. The van der Waals surface area contributed by atoms with E-state index in [2.05, 4.69) is 25.1 Å². The summed E-state index contributed by atoms with van der Waals surface area (Å²) >= 11 is 2.67. The Labute approximate surface area is 199 Å². The number of esters is 1. The fourth-order valence-electron chi connectivity index (χ4n) is 3.98. The topological polar surface area (TPSA) is 79.7 Å². The molecule has 0 radical (unpaired) electrons. The van der Waals surface area contributed by atoms with Crippen LogP contribution in [0, 0.1) is 12.8 Å². The first-order chi connectivity index (χ1) is 15.0. The second kappa shape index (κ2) is 9.57. The normalized spacial score (nSPS) is 19.6. The van der Waals surface area contributed by atoms with Gasteiger partial charge in [-0.25, -0.2) is 9.17 Å². The highest BCUT2D eigenvalue weighted by Gasteiger charge is 2.44. The molecule has 0 fully saturated rings. The van der Waals surface area contributed by atoms with Crippen LogP contribution in [0.3, 0.4) is 0 Å². The van der Waals surface area contributed by atoms with Gasteiger partial charge in [-0.15, -0.1) is 0 Å². The first kappa shape index (κ1) is 24.8. The molecule has 0 spiro atoms. The average molecular weight is 476 g/mol. The van der Waals surface area contributed by atoms with Crippen molar-refractivity contribution in [3.05, 3.63) is 56.6 Å². The summed E-state index contributed by atoms with van der Waals surface area (Å²) in [5.41, 5.74) is 3.03. The van der Waals surface area contributed by atoms with Gasteiger partial charge in [-0.1, -0.05) is 52.4 Å². The monoisotopic (exact) mass is 475 g/mol. The molecule has 174 valence electrons. The van der Waals surface area contributed by atoms with Crippen molar-refractivity contribution in [2.24, 2.45) is 5.92 Å². The van der Waals surface area contributed by atoms with Crippen LogP contribution in [0.2, 0.25) is 0 Å². The Hall–Kier alpha value is -1.83. The second-order valence-corrected chi connectivity index (χ2v) is 11.6. The minimum absolute atomic E-state index is 0.0353. The molecule has 2 aromatic rings. The molecule has 5 nitrogen and oxygen atoms in total. The van der Waals surface area contributed by atoms with Gasteiger partial charge in [0.15, 0.2) is 0 Å². The maximum Gasteiger partial charge on any atom is 0.349 e. The summed E-state index contributed by atoms with van der Waals surface area (Å²) < 4.78 is 10.2. The molecule has 1 atom stereocenters. The van der Waals surface area contributed by atoms with E-state index in [9.17, 15) is 15.0 Å². The number of thioether (sulfide) groups is 1. The van der Waals surface area contributed by atoms with Crippen molar-refractivity contribution >= 4 is 29.3 Å². The van der Waals surface area contributed by atoms with Crippen molar-refractivity contribution in [1.29, 1.82) is 0 Å². The molecule has 1 aliphatic heterocycles. The zero-order valence-electron chi connectivity index (χ0n) is 19.7. The van der Waals surface area contributed by atoms with Crippen LogP contribution in [-0.2, 0) is 28.0 Å². The largest absolute Gasteiger partial charge is 0.511 e. The molecule has 1 unspecified atom stereocenters. The third kappa shape index (κ3) is 5.21. The van der Waals surface area contributed by atoms with E-state index in [0.717, 1.165) is 33.6 Å². The molecule has 0 saturated heterocycles. The van der Waals surface area contributed by atoms with Crippen molar-refractivity contribution in [1.82, 2.24) is 4.37 Å². The van der Waals surface area contributed by atoms with Crippen LogP contribution in [0.5, 0.6) is 0 Å². The summed E-state index contributed by atoms with van der Waals surface area (Å²) in [6.07, 6.45) is 3.52. The molecule has 32 heavy (non-hydrogen) atoms. The lowest BCUT2D eigenvalue weighted by atomic mass is 9.80. The lowest BCUT2D eigenvalue weighted by Gasteiger charge is -2.40. The molecule has 1 aliphatic rings. The summed E-state index contributed by atoms with van der Waals surface area (Å²) in [5, 5.41) is 22.7. The predicted molar refractivity (Wildman–Crippen MR) is 130 cm³/mol. The number of nitrogens with zero attached hydrogens (tertiary/aromatic N) is 1. The quantitative estimate of drug-likeness (QED) is 0.473. The SMILES string of the molecule is Cc1cc(SC2=C(O)CC(CCc3cnsc3)(C(C)C)OC2=O)c(C(C)(C)C)cc1CO. The number of carbonyl (C=O) groups is 1. The fourth-order valence-corrected chi connectivity index (χ4v) is 5.80. The van der Waals surface area contributed by atoms with E-state index in [4.69, 9.17) is 4.74 Å². The number of aliphatic hydroxyl groups excluding tert-OH is 2. The molecule has 2 N–H and O–H groups in total. The lowest BCUT2D eigenvalue weighted by molar-refractivity contribution is -0.164. The number of aliphatic hydroxyl groups is 2. The van der Waals surface area contributed by atoms with Gasteiger partial charge in [0, 0.05) is 22.9 Å². The zero-order chi connectivity index (χ0) is 23.7. The molecule has 0 amide bonds. The van der Waals surface area contributed by atoms with E-state index in [1.165, 1.54) is 23.3 Å². The Morgan fingerprint density at radius 1 is 1.31 bits per heavy atom. The summed E-state index contributed by atoms with van der Waals surface area (Å²) in [6.45, 7) is 12.3. The van der Waals surface area contributed by atoms with Crippen LogP contribution in [0.25, 0.3) is 0 Å². The summed E-state index contributed by atoms with van der Waals surface area (Å²) in [4.78, 5) is 14.3. The number of rotatable bonds is 7. The van der Waals surface area contributed by atoms with Crippen LogP contribution in [0.4, 0.5) is 0 Å². The first-order valence-corrected chi connectivity index (χ1v) is 12.6. The van der Waals surface area contributed by atoms with Gasteiger partial charge in [0.2, 0.25) is 0 Å². The van der Waals surface area contributed by atoms with Gasteiger partial charge in [-0.05, 0) is 71.0 Å². The number of aryl methyl sites for hydroxylation is 2. The number of hydrogen-bond acceptors (Lipinski definition) is 7. The van der Waals surface area contributed by atoms with Gasteiger partial charge < -0.3 is 14.9 Å². The minimum Gasteiger partial charge on any atom is -0.511 e. The summed E-state index contributed by atoms with van der Waals surface area (Å²) in [5.74, 6) is -0.324. The standard InChI is InChI=1S/C25H33NO4S2/c1-15(2)25(8-7-17-12-26-31-14-17)11-20(28)22(23(29)30-25)32-21-9-16(3)18(13-27)10-19(21)24(4,5)6/h9-10,12,14-15,27-28H,7-8,11,13H2,1-6H3. The molecule has 7 heteroatoms. The van der Waals surface area contributed by atoms with Crippen LogP contribution >= 0.6 is 23.3 Å². The maximum absolute atomic E-state index is 13.1. The lowest BCUT2D eigenvalue weighted by Crippen LogP contribution is -2.44. The predicted octanol–water partition coefficient (Wildman–Crippen LogP) is 6.08. The van der Waals surface area contributed by atoms with Gasteiger partial charge in [-0.3, -0.25) is 0 Å². The summed E-state index contributed by atoms with van der Waals surface area (Å²) in [6, 6.07) is 3.98. The molecule has 3 rings (SSSR count). The minimum atomic E-state index is -0.739. The average Bonchev–Trinajstić information content (AvgIpc) is 3.22. The number of cyclic esters (lactones) is 1. The van der Waals surface area contributed by atoms with E-state index in [1.54, 1.807) is 0 Å². The first-order valence-electron chi connectivity index (χ1n) is 10.9. The molecule has 0 saturated carbocycles. The van der Waals surface area contributed by atoms with Crippen molar-refractivity contribution in [3.8, 4) is 0 Å². The second-order valence-electron chi connectivity index (χ2n) is 9.88. The number of hydrogen-bond donors (Lipinski definition) is 2. The number of aromatic nitrogens is 1. The highest BCUT2D eigenvalue weighted by atomic mass is 32.2. The van der Waals surface area contributed by atoms with Crippen LogP contribution < -0.4 is 0 Å². The van der Waals surface area contributed by atoms with E-state index in [-0.39, 0.29) is 28.6 Å². The number of carbonyl (C=O) groups excluding carboxylic acids is 1. The van der Waals surface area contributed by atoms with E-state index in [0.29, 0.717) is 12.8 Å². The van der Waals surface area contributed by atoms with Crippen LogP contribution in [-0.4, -0.2) is 26.2 Å². The third-order valence-electron chi connectivity index (χ3n) is 6.21. The Morgan fingerprint density at radius 2 is 2.03 bits per heavy atom. The number of benzene rings is 1. The Morgan fingerprint density at radius 3 is 2.56 bits per heavy atom. The fraction of sp³-hybridized carbons (Fsp3) is 0.520. The van der Waals surface area contributed by atoms with Crippen molar-refractivity contribution in [2.45, 2.75) is 83.3 Å². The Bertz CT molecular complexity index is 1010. The van der Waals surface area contributed by atoms with Crippen LogP contribution in [0.15, 0.2) is 39.3 Å². The van der Waals surface area contributed by atoms with Gasteiger partial charge in [0.05, 0.1) is 6.61 Å². The van der Waals surface area contributed by atoms with E-state index < -0.39 is 11.6 Å².